The van der Waals surface area contributed by atoms with Crippen molar-refractivity contribution in [1.29, 1.82) is 0 Å². The zero-order valence-electron chi connectivity index (χ0n) is 9.72. The van der Waals surface area contributed by atoms with Gasteiger partial charge in [-0.2, -0.15) is 0 Å². The molecular weight excluding hydrogens is 321 g/mol. The van der Waals surface area contributed by atoms with Gasteiger partial charge in [0, 0.05) is 23.0 Å². The van der Waals surface area contributed by atoms with Gasteiger partial charge in [0.1, 0.15) is 11.9 Å². The van der Waals surface area contributed by atoms with Gasteiger partial charge in [0.2, 0.25) is 0 Å². The summed E-state index contributed by atoms with van der Waals surface area (Å²) in [5.41, 5.74) is 0.0484. The Labute approximate surface area is 116 Å². The molecule has 0 spiro atoms. The maximum atomic E-state index is 13.2. The number of hydrogen-bond donors (Lipinski definition) is 2. The Morgan fingerprint density at radius 2 is 2.05 bits per heavy atom. The number of benzene rings is 1. The Balaban J connectivity index is 2.30. The Morgan fingerprint density at radius 3 is 2.63 bits per heavy atom. The standard InChI is InChI=1S/C12H11BrFNO4/c13-7-1-6(2-8(14)3-7)11(17)15-5-9(16)4-10(15)12(18)19/h1-3,9-10,16H,4-5H2,(H,18,19)/t9?,10-/m0/s1. The van der Waals surface area contributed by atoms with Crippen molar-refractivity contribution in [3.63, 3.8) is 0 Å². The first-order valence-electron chi connectivity index (χ1n) is 5.56. The van der Waals surface area contributed by atoms with Gasteiger partial charge in [-0.25, -0.2) is 9.18 Å². The van der Waals surface area contributed by atoms with E-state index in [0.29, 0.717) is 4.47 Å². The second-order valence-electron chi connectivity index (χ2n) is 4.36. The third kappa shape index (κ3) is 2.93. The van der Waals surface area contributed by atoms with E-state index in [4.69, 9.17) is 5.11 Å². The van der Waals surface area contributed by atoms with Gasteiger partial charge in [-0.1, -0.05) is 15.9 Å². The third-order valence-electron chi connectivity index (χ3n) is 2.93. The smallest absolute Gasteiger partial charge is 0.326 e. The van der Waals surface area contributed by atoms with Crippen LogP contribution in [0, 0.1) is 5.82 Å². The molecule has 0 aromatic heterocycles. The highest BCUT2D eigenvalue weighted by molar-refractivity contribution is 9.10. The molecule has 1 aromatic carbocycles. The molecule has 1 heterocycles. The molecule has 102 valence electrons. The molecule has 1 amide bonds. The number of carbonyl (C=O) groups is 2. The summed E-state index contributed by atoms with van der Waals surface area (Å²) in [7, 11) is 0. The number of aliphatic hydroxyl groups excluding tert-OH is 1. The summed E-state index contributed by atoms with van der Waals surface area (Å²) in [5.74, 6) is -2.38. The number of halogens is 2. The number of carboxylic acids is 1. The van der Waals surface area contributed by atoms with E-state index in [-0.39, 0.29) is 18.5 Å². The predicted octanol–water partition coefficient (Wildman–Crippen LogP) is 1.25. The summed E-state index contributed by atoms with van der Waals surface area (Å²) in [6.07, 6.45) is -0.889. The number of aliphatic carboxylic acids is 1. The average Bonchev–Trinajstić information content (AvgIpc) is 2.69. The molecule has 0 radical (unpaired) electrons. The highest BCUT2D eigenvalue weighted by Gasteiger charge is 2.39. The highest BCUT2D eigenvalue weighted by Crippen LogP contribution is 2.23. The highest BCUT2D eigenvalue weighted by atomic mass is 79.9. The van der Waals surface area contributed by atoms with Crippen molar-refractivity contribution < 1.29 is 24.2 Å². The van der Waals surface area contributed by atoms with Crippen LogP contribution in [0.2, 0.25) is 0 Å². The quantitative estimate of drug-likeness (QED) is 0.854. The summed E-state index contributed by atoms with van der Waals surface area (Å²) < 4.78 is 13.6. The van der Waals surface area contributed by atoms with Gasteiger partial charge in [-0.3, -0.25) is 4.79 Å². The summed E-state index contributed by atoms with van der Waals surface area (Å²) in [5, 5.41) is 18.5. The van der Waals surface area contributed by atoms with Crippen LogP contribution in [-0.2, 0) is 4.79 Å². The van der Waals surface area contributed by atoms with Gasteiger partial charge in [0.05, 0.1) is 6.10 Å². The SMILES string of the molecule is O=C(O)[C@@H]1CC(O)CN1C(=O)c1cc(F)cc(Br)c1. The second kappa shape index (κ2) is 5.26. The van der Waals surface area contributed by atoms with Crippen molar-refractivity contribution in [2.75, 3.05) is 6.54 Å². The Morgan fingerprint density at radius 1 is 1.37 bits per heavy atom. The summed E-state index contributed by atoms with van der Waals surface area (Å²) in [4.78, 5) is 24.3. The van der Waals surface area contributed by atoms with Gasteiger partial charge in [-0.15, -0.1) is 0 Å². The van der Waals surface area contributed by atoms with Crippen molar-refractivity contribution in [2.45, 2.75) is 18.6 Å². The molecule has 1 unspecified atom stereocenters. The van der Waals surface area contributed by atoms with Crippen LogP contribution < -0.4 is 0 Å². The number of rotatable bonds is 2. The average molecular weight is 332 g/mol. The van der Waals surface area contributed by atoms with Crippen LogP contribution in [0.1, 0.15) is 16.8 Å². The molecule has 1 saturated heterocycles. The van der Waals surface area contributed by atoms with E-state index in [2.05, 4.69) is 15.9 Å². The fraction of sp³-hybridized carbons (Fsp3) is 0.333. The maximum Gasteiger partial charge on any atom is 0.326 e. The minimum atomic E-state index is -1.18. The number of nitrogens with zero attached hydrogens (tertiary/aromatic N) is 1. The van der Waals surface area contributed by atoms with E-state index in [9.17, 15) is 19.1 Å². The first kappa shape index (κ1) is 14.0. The first-order chi connectivity index (χ1) is 8.88. The fourth-order valence-corrected chi connectivity index (χ4v) is 2.58. The fourth-order valence-electron chi connectivity index (χ4n) is 2.12. The molecular formula is C12H11BrFNO4. The maximum absolute atomic E-state index is 13.2. The third-order valence-corrected chi connectivity index (χ3v) is 3.39. The van der Waals surface area contributed by atoms with Gasteiger partial charge < -0.3 is 15.1 Å². The molecule has 1 aromatic rings. The number of β-amino-alcohol motifs (C(OH)–C–C–N with tert-alkyl or cyclic N) is 1. The van der Waals surface area contributed by atoms with Crippen LogP contribution in [0.25, 0.3) is 0 Å². The monoisotopic (exact) mass is 331 g/mol. The Kier molecular flexibility index (Phi) is 3.86. The molecule has 19 heavy (non-hydrogen) atoms. The lowest BCUT2D eigenvalue weighted by atomic mass is 10.1. The lowest BCUT2D eigenvalue weighted by Crippen LogP contribution is -2.40. The minimum absolute atomic E-state index is 0.0163. The van der Waals surface area contributed by atoms with Gasteiger partial charge >= 0.3 is 5.97 Å². The zero-order valence-corrected chi connectivity index (χ0v) is 11.3. The second-order valence-corrected chi connectivity index (χ2v) is 5.27. The van der Waals surface area contributed by atoms with Crippen molar-refractivity contribution in [2.24, 2.45) is 0 Å². The number of likely N-dealkylation sites (tertiary alicyclic amines) is 1. The molecule has 0 bridgehead atoms. The number of hydrogen-bond acceptors (Lipinski definition) is 3. The number of amides is 1. The van der Waals surface area contributed by atoms with Crippen molar-refractivity contribution >= 4 is 27.8 Å². The zero-order chi connectivity index (χ0) is 14.2. The molecule has 7 heteroatoms. The molecule has 0 aliphatic carbocycles. The van der Waals surface area contributed by atoms with Crippen LogP contribution in [0.5, 0.6) is 0 Å². The van der Waals surface area contributed by atoms with Gasteiger partial charge in [0.25, 0.3) is 5.91 Å². The summed E-state index contributed by atoms with van der Waals surface area (Å²) in [6, 6.07) is 2.57. The topological polar surface area (TPSA) is 77.8 Å². The largest absolute Gasteiger partial charge is 0.480 e. The normalized spacial score (nSPS) is 22.6. The van der Waals surface area contributed by atoms with E-state index >= 15 is 0 Å². The molecule has 2 N–H and O–H groups in total. The van der Waals surface area contributed by atoms with Crippen molar-refractivity contribution in [3.05, 3.63) is 34.1 Å². The predicted molar refractivity (Wildman–Crippen MR) is 67.2 cm³/mol. The lowest BCUT2D eigenvalue weighted by Gasteiger charge is -2.21. The Hall–Kier alpha value is -1.47. The van der Waals surface area contributed by atoms with Gasteiger partial charge in [-0.05, 0) is 18.2 Å². The lowest BCUT2D eigenvalue weighted by molar-refractivity contribution is -0.141. The molecule has 5 nitrogen and oxygen atoms in total. The number of carboxylic acid groups (broad SMARTS) is 1. The van der Waals surface area contributed by atoms with E-state index in [1.807, 2.05) is 0 Å². The first-order valence-corrected chi connectivity index (χ1v) is 6.35. The van der Waals surface area contributed by atoms with Crippen LogP contribution >= 0.6 is 15.9 Å². The number of carbonyl (C=O) groups excluding carboxylic acids is 1. The van der Waals surface area contributed by atoms with Crippen LogP contribution in [0.4, 0.5) is 4.39 Å². The van der Waals surface area contributed by atoms with Gasteiger partial charge in [0.15, 0.2) is 0 Å². The van der Waals surface area contributed by atoms with Crippen molar-refractivity contribution in [3.8, 4) is 0 Å². The van der Waals surface area contributed by atoms with E-state index in [0.717, 1.165) is 11.0 Å². The van der Waals surface area contributed by atoms with Crippen LogP contribution in [0.3, 0.4) is 0 Å². The molecule has 2 rings (SSSR count). The van der Waals surface area contributed by atoms with Crippen LogP contribution in [0.15, 0.2) is 22.7 Å². The molecule has 0 saturated carbocycles. The van der Waals surface area contributed by atoms with Crippen LogP contribution in [-0.4, -0.2) is 45.7 Å². The molecule has 2 atom stereocenters. The minimum Gasteiger partial charge on any atom is -0.480 e. The molecule has 1 aliphatic rings. The number of aliphatic hydroxyl groups is 1. The Bertz CT molecular complexity index is 516. The summed E-state index contributed by atoms with van der Waals surface area (Å²) >= 11 is 3.07. The van der Waals surface area contributed by atoms with E-state index in [1.165, 1.54) is 12.1 Å². The van der Waals surface area contributed by atoms with E-state index in [1.54, 1.807) is 0 Å². The summed E-state index contributed by atoms with van der Waals surface area (Å²) in [6.45, 7) is -0.0655. The van der Waals surface area contributed by atoms with E-state index < -0.39 is 29.8 Å². The molecule has 1 aliphatic heterocycles. The van der Waals surface area contributed by atoms with Crippen molar-refractivity contribution in [1.82, 2.24) is 4.90 Å². The molecule has 1 fully saturated rings.